The van der Waals surface area contributed by atoms with Crippen molar-refractivity contribution in [2.75, 3.05) is 7.11 Å². The van der Waals surface area contributed by atoms with Crippen LogP contribution in [0, 0.1) is 0 Å². The molecule has 0 fully saturated rings. The van der Waals surface area contributed by atoms with Gasteiger partial charge in [-0.15, -0.1) is 0 Å². The molecule has 124 valence electrons. The lowest BCUT2D eigenvalue weighted by atomic mass is 10.1. The molecule has 22 heavy (non-hydrogen) atoms. The Hall–Kier alpha value is -1.55. The van der Waals surface area contributed by atoms with E-state index in [1.165, 1.54) is 25.7 Å². The van der Waals surface area contributed by atoms with Gasteiger partial charge in [0.15, 0.2) is 0 Å². The number of carbonyl (C=O) groups excluding carboxylic acids is 1. The summed E-state index contributed by atoms with van der Waals surface area (Å²) in [7, 11) is 1.68. The number of benzene rings is 1. The molecule has 1 aromatic rings. The first kappa shape index (κ1) is 18.5. The number of urea groups is 1. The molecule has 4 heteroatoms. The Morgan fingerprint density at radius 3 is 2.59 bits per heavy atom. The minimum Gasteiger partial charge on any atom is -0.380 e. The van der Waals surface area contributed by atoms with E-state index >= 15 is 0 Å². The van der Waals surface area contributed by atoms with Crippen LogP contribution in [0.2, 0.25) is 0 Å². The molecule has 2 amide bonds. The van der Waals surface area contributed by atoms with E-state index in [1.54, 1.807) is 7.11 Å². The zero-order chi connectivity index (χ0) is 16.2. The van der Waals surface area contributed by atoms with E-state index in [9.17, 15) is 4.79 Å². The summed E-state index contributed by atoms with van der Waals surface area (Å²) in [6.45, 7) is 5.35. The SMILES string of the molecule is CCCCCCC(C)NC(=O)NCc1ccccc1COC. The molecule has 0 saturated heterocycles. The summed E-state index contributed by atoms with van der Waals surface area (Å²) in [5.41, 5.74) is 2.20. The van der Waals surface area contributed by atoms with Crippen molar-refractivity contribution in [3.8, 4) is 0 Å². The predicted molar refractivity (Wildman–Crippen MR) is 90.7 cm³/mol. The minimum absolute atomic E-state index is 0.102. The summed E-state index contributed by atoms with van der Waals surface area (Å²) in [6, 6.07) is 8.11. The van der Waals surface area contributed by atoms with Crippen molar-refractivity contribution in [3.63, 3.8) is 0 Å². The fourth-order valence-electron chi connectivity index (χ4n) is 2.43. The molecule has 0 aliphatic carbocycles. The Balaban J connectivity index is 2.30. The highest BCUT2D eigenvalue weighted by molar-refractivity contribution is 5.74. The highest BCUT2D eigenvalue weighted by Crippen LogP contribution is 2.09. The number of hydrogen-bond donors (Lipinski definition) is 2. The summed E-state index contributed by atoms with van der Waals surface area (Å²) in [6.07, 6.45) is 5.96. The van der Waals surface area contributed by atoms with Gasteiger partial charge < -0.3 is 15.4 Å². The van der Waals surface area contributed by atoms with Crippen LogP contribution in [0.25, 0.3) is 0 Å². The van der Waals surface area contributed by atoms with Gasteiger partial charge in [0.25, 0.3) is 0 Å². The largest absolute Gasteiger partial charge is 0.380 e. The highest BCUT2D eigenvalue weighted by atomic mass is 16.5. The van der Waals surface area contributed by atoms with Gasteiger partial charge in [-0.3, -0.25) is 0 Å². The number of ether oxygens (including phenoxy) is 1. The molecule has 0 heterocycles. The van der Waals surface area contributed by atoms with E-state index in [1.807, 2.05) is 24.3 Å². The second-order valence-electron chi connectivity index (χ2n) is 5.78. The van der Waals surface area contributed by atoms with Crippen LogP contribution >= 0.6 is 0 Å². The fraction of sp³-hybridized carbons (Fsp3) is 0.611. The monoisotopic (exact) mass is 306 g/mol. The fourth-order valence-corrected chi connectivity index (χ4v) is 2.43. The molecule has 1 unspecified atom stereocenters. The number of unbranched alkanes of at least 4 members (excludes halogenated alkanes) is 3. The third-order valence-electron chi connectivity index (χ3n) is 3.73. The van der Waals surface area contributed by atoms with Gasteiger partial charge in [0.05, 0.1) is 6.61 Å². The van der Waals surface area contributed by atoms with Crippen LogP contribution < -0.4 is 10.6 Å². The molecule has 1 atom stereocenters. The lowest BCUT2D eigenvalue weighted by Gasteiger charge is -2.15. The topological polar surface area (TPSA) is 50.4 Å². The van der Waals surface area contributed by atoms with Crippen molar-refractivity contribution in [3.05, 3.63) is 35.4 Å². The maximum atomic E-state index is 11.9. The molecule has 1 aromatic carbocycles. The molecule has 0 saturated carbocycles. The van der Waals surface area contributed by atoms with Crippen LogP contribution in [0.15, 0.2) is 24.3 Å². The van der Waals surface area contributed by atoms with Crippen LogP contribution in [0.5, 0.6) is 0 Å². The van der Waals surface area contributed by atoms with Crippen molar-refractivity contribution in [1.29, 1.82) is 0 Å². The van der Waals surface area contributed by atoms with Crippen molar-refractivity contribution in [2.24, 2.45) is 0 Å². The molecular weight excluding hydrogens is 276 g/mol. The molecule has 0 aliphatic rings. The molecule has 2 N–H and O–H groups in total. The van der Waals surface area contributed by atoms with Crippen LogP contribution in [0.4, 0.5) is 4.79 Å². The maximum absolute atomic E-state index is 11.9. The number of methoxy groups -OCH3 is 1. The third-order valence-corrected chi connectivity index (χ3v) is 3.73. The van der Waals surface area contributed by atoms with E-state index in [0.29, 0.717) is 13.2 Å². The number of hydrogen-bond acceptors (Lipinski definition) is 2. The molecule has 4 nitrogen and oxygen atoms in total. The second-order valence-corrected chi connectivity index (χ2v) is 5.78. The van der Waals surface area contributed by atoms with Gasteiger partial charge in [-0.1, -0.05) is 56.9 Å². The maximum Gasteiger partial charge on any atom is 0.315 e. The zero-order valence-corrected chi connectivity index (χ0v) is 14.2. The molecule has 0 aromatic heterocycles. The zero-order valence-electron chi connectivity index (χ0n) is 14.2. The Bertz CT molecular complexity index is 435. The van der Waals surface area contributed by atoms with Crippen LogP contribution in [-0.2, 0) is 17.9 Å². The van der Waals surface area contributed by atoms with Gasteiger partial charge in [0.1, 0.15) is 0 Å². The molecule has 0 radical (unpaired) electrons. The van der Waals surface area contributed by atoms with Crippen LogP contribution in [0.3, 0.4) is 0 Å². The molecule has 1 rings (SSSR count). The molecular formula is C18H30N2O2. The summed E-state index contributed by atoms with van der Waals surface area (Å²) in [5, 5.41) is 5.92. The number of amides is 2. The normalized spacial score (nSPS) is 12.0. The van der Waals surface area contributed by atoms with Gasteiger partial charge in [-0.05, 0) is 24.5 Å². The summed E-state index contributed by atoms with van der Waals surface area (Å²) < 4.78 is 5.18. The first-order chi connectivity index (χ1) is 10.7. The molecule has 0 spiro atoms. The van der Waals surface area contributed by atoms with Crippen molar-refractivity contribution in [1.82, 2.24) is 10.6 Å². The first-order valence-corrected chi connectivity index (χ1v) is 8.27. The van der Waals surface area contributed by atoms with E-state index in [2.05, 4.69) is 24.5 Å². The van der Waals surface area contributed by atoms with Gasteiger partial charge in [0.2, 0.25) is 0 Å². The average molecular weight is 306 g/mol. The smallest absolute Gasteiger partial charge is 0.315 e. The highest BCUT2D eigenvalue weighted by Gasteiger charge is 2.08. The lowest BCUT2D eigenvalue weighted by molar-refractivity contribution is 0.184. The lowest BCUT2D eigenvalue weighted by Crippen LogP contribution is -2.40. The van der Waals surface area contributed by atoms with Gasteiger partial charge in [0, 0.05) is 19.7 Å². The summed E-state index contributed by atoms with van der Waals surface area (Å²) in [5.74, 6) is 0. The third kappa shape index (κ3) is 7.46. The number of carbonyl (C=O) groups is 1. The predicted octanol–water partition coefficient (Wildman–Crippen LogP) is 3.99. The van der Waals surface area contributed by atoms with Gasteiger partial charge in [-0.25, -0.2) is 4.79 Å². The average Bonchev–Trinajstić information content (AvgIpc) is 2.51. The standard InChI is InChI=1S/C18H30N2O2/c1-4-5-6-7-10-15(2)20-18(21)19-13-16-11-8-9-12-17(16)14-22-3/h8-9,11-12,15H,4-7,10,13-14H2,1-3H3,(H2,19,20,21). The van der Waals surface area contributed by atoms with E-state index < -0.39 is 0 Å². The Morgan fingerprint density at radius 1 is 1.18 bits per heavy atom. The van der Waals surface area contributed by atoms with E-state index in [-0.39, 0.29) is 12.1 Å². The van der Waals surface area contributed by atoms with E-state index in [4.69, 9.17) is 4.74 Å². The summed E-state index contributed by atoms with van der Waals surface area (Å²) in [4.78, 5) is 11.9. The quantitative estimate of drug-likeness (QED) is 0.642. The van der Waals surface area contributed by atoms with Crippen LogP contribution in [0.1, 0.15) is 57.1 Å². The van der Waals surface area contributed by atoms with Crippen molar-refractivity contribution < 1.29 is 9.53 Å². The van der Waals surface area contributed by atoms with Gasteiger partial charge >= 0.3 is 6.03 Å². The minimum atomic E-state index is -0.102. The first-order valence-electron chi connectivity index (χ1n) is 8.27. The Kier molecular flexibility index (Phi) is 9.31. The second kappa shape index (κ2) is 11.1. The molecule has 0 aliphatic heterocycles. The molecule has 0 bridgehead atoms. The van der Waals surface area contributed by atoms with Gasteiger partial charge in [-0.2, -0.15) is 0 Å². The van der Waals surface area contributed by atoms with E-state index in [0.717, 1.165) is 17.5 Å². The Morgan fingerprint density at radius 2 is 1.91 bits per heavy atom. The number of nitrogens with one attached hydrogen (secondary N) is 2. The number of rotatable bonds is 10. The van der Waals surface area contributed by atoms with Crippen molar-refractivity contribution >= 4 is 6.03 Å². The summed E-state index contributed by atoms with van der Waals surface area (Å²) >= 11 is 0. The van der Waals surface area contributed by atoms with Crippen LogP contribution in [-0.4, -0.2) is 19.2 Å². The Labute approximate surface area is 134 Å². The van der Waals surface area contributed by atoms with Crippen molar-refractivity contribution in [2.45, 2.75) is 65.1 Å².